The van der Waals surface area contributed by atoms with E-state index in [1.54, 1.807) is 10.9 Å². The molecule has 2 aliphatic carbocycles. The van der Waals surface area contributed by atoms with Gasteiger partial charge in [0, 0.05) is 75.5 Å². The first kappa shape index (κ1) is 26.1. The quantitative estimate of drug-likeness (QED) is 0.307. The van der Waals surface area contributed by atoms with Crippen molar-refractivity contribution in [3.63, 3.8) is 0 Å². The molecular formula is C30H34F2N8O. The van der Waals surface area contributed by atoms with Gasteiger partial charge in [-0.05, 0) is 61.1 Å². The van der Waals surface area contributed by atoms with Crippen LogP contribution in [0, 0.1) is 11.8 Å². The zero-order valence-electron chi connectivity index (χ0n) is 23.1. The van der Waals surface area contributed by atoms with Crippen molar-refractivity contribution in [2.24, 2.45) is 11.8 Å². The highest BCUT2D eigenvalue weighted by Crippen LogP contribution is 2.43. The number of H-pyrrole nitrogens is 1. The van der Waals surface area contributed by atoms with Crippen LogP contribution in [0.2, 0.25) is 0 Å². The molecule has 2 saturated carbocycles. The Morgan fingerprint density at radius 1 is 1.12 bits per heavy atom. The predicted molar refractivity (Wildman–Crippen MR) is 152 cm³/mol. The Balaban J connectivity index is 0.995. The number of amides is 1. The average molecular weight is 561 g/mol. The first-order valence-corrected chi connectivity index (χ1v) is 14.5. The Labute approximate surface area is 237 Å². The van der Waals surface area contributed by atoms with Crippen LogP contribution in [0.4, 0.5) is 20.5 Å². The summed E-state index contributed by atoms with van der Waals surface area (Å²) >= 11 is 0. The highest BCUT2D eigenvalue weighted by atomic mass is 19.3. The van der Waals surface area contributed by atoms with Gasteiger partial charge in [-0.1, -0.05) is 6.07 Å². The summed E-state index contributed by atoms with van der Waals surface area (Å²) in [4.78, 5) is 29.4. The molecule has 1 saturated heterocycles. The standard InChI is InChI=1S/C30H34F2N8O/c1-19(38-8-10-39(11-9-38)28(41)21-2-3-21)22-6-7-33-27(13-22)37-29-35-25-5-4-23(12-26(25)36-29)24-16-34-40(18-24)17-20-14-30(31,32)15-20/h4-7,12-13,16,18-21H,2-3,8-11,14-15,17H2,1H3,(H2,33,35,36,37). The summed E-state index contributed by atoms with van der Waals surface area (Å²) in [5.74, 6) is -0.620. The maximum Gasteiger partial charge on any atom is 0.248 e. The van der Waals surface area contributed by atoms with Crippen LogP contribution < -0.4 is 5.32 Å². The Morgan fingerprint density at radius 3 is 2.68 bits per heavy atom. The van der Waals surface area contributed by atoms with Crippen molar-refractivity contribution >= 4 is 28.7 Å². The van der Waals surface area contributed by atoms with Gasteiger partial charge >= 0.3 is 0 Å². The molecule has 0 spiro atoms. The average Bonchev–Trinajstić information content (AvgIpc) is 3.57. The molecule has 4 heterocycles. The van der Waals surface area contributed by atoms with Gasteiger partial charge in [-0.15, -0.1) is 0 Å². The molecule has 0 radical (unpaired) electrons. The number of pyridine rings is 1. The zero-order chi connectivity index (χ0) is 28.1. The number of hydrogen-bond acceptors (Lipinski definition) is 6. The number of benzene rings is 1. The minimum absolute atomic E-state index is 0.0237. The van der Waals surface area contributed by atoms with Gasteiger partial charge < -0.3 is 15.2 Å². The summed E-state index contributed by atoms with van der Waals surface area (Å²) < 4.78 is 28.1. The number of aromatic nitrogens is 5. The second-order valence-corrected chi connectivity index (χ2v) is 11.8. The number of hydrogen-bond donors (Lipinski definition) is 2. The minimum Gasteiger partial charge on any atom is -0.340 e. The highest BCUT2D eigenvalue weighted by Gasteiger charge is 2.45. The van der Waals surface area contributed by atoms with E-state index in [0.717, 1.165) is 66.7 Å². The van der Waals surface area contributed by atoms with Crippen molar-refractivity contribution in [1.82, 2.24) is 34.5 Å². The van der Waals surface area contributed by atoms with E-state index in [9.17, 15) is 13.6 Å². The lowest BCUT2D eigenvalue weighted by Crippen LogP contribution is -2.49. The lowest BCUT2D eigenvalue weighted by Gasteiger charge is -2.38. The second kappa shape index (κ2) is 10.2. The van der Waals surface area contributed by atoms with Crippen LogP contribution in [0.15, 0.2) is 48.9 Å². The van der Waals surface area contributed by atoms with Crippen LogP contribution in [0.25, 0.3) is 22.2 Å². The monoisotopic (exact) mass is 560 g/mol. The number of alkyl halides is 2. The van der Waals surface area contributed by atoms with Crippen LogP contribution in [-0.4, -0.2) is 72.5 Å². The van der Waals surface area contributed by atoms with Crippen LogP contribution in [0.5, 0.6) is 0 Å². The molecule has 41 heavy (non-hydrogen) atoms. The Bertz CT molecular complexity index is 1560. The van der Waals surface area contributed by atoms with Crippen LogP contribution in [0.1, 0.15) is 44.2 Å². The third kappa shape index (κ3) is 5.55. The molecule has 3 fully saturated rings. The van der Waals surface area contributed by atoms with Crippen molar-refractivity contribution in [3.8, 4) is 11.1 Å². The topological polar surface area (TPSA) is 95.0 Å². The Hall–Kier alpha value is -3.86. The molecule has 1 aliphatic heterocycles. The van der Waals surface area contributed by atoms with Gasteiger partial charge in [-0.2, -0.15) is 5.10 Å². The van der Waals surface area contributed by atoms with E-state index in [0.29, 0.717) is 24.2 Å². The van der Waals surface area contributed by atoms with Crippen LogP contribution >= 0.6 is 0 Å². The molecule has 3 aromatic heterocycles. The van der Waals surface area contributed by atoms with Gasteiger partial charge in [-0.3, -0.25) is 14.4 Å². The number of imidazole rings is 1. The van der Waals surface area contributed by atoms with E-state index >= 15 is 0 Å². The van der Waals surface area contributed by atoms with Gasteiger partial charge in [0.2, 0.25) is 17.8 Å². The molecule has 9 nitrogen and oxygen atoms in total. The Morgan fingerprint density at radius 2 is 1.93 bits per heavy atom. The number of anilines is 2. The summed E-state index contributed by atoms with van der Waals surface area (Å²) in [7, 11) is 0. The van der Waals surface area contributed by atoms with E-state index in [2.05, 4.69) is 43.3 Å². The number of nitrogens with zero attached hydrogens (tertiary/aromatic N) is 6. The summed E-state index contributed by atoms with van der Waals surface area (Å²) in [6.45, 7) is 6.02. The van der Waals surface area contributed by atoms with Crippen LogP contribution in [0.3, 0.4) is 0 Å². The molecule has 2 N–H and O–H groups in total. The van der Waals surface area contributed by atoms with E-state index in [4.69, 9.17) is 0 Å². The fourth-order valence-corrected chi connectivity index (χ4v) is 6.06. The molecule has 4 aromatic rings. The number of piperazine rings is 1. The van der Waals surface area contributed by atoms with Gasteiger partial charge in [0.25, 0.3) is 0 Å². The SMILES string of the molecule is CC(c1ccnc(Nc2nc3ccc(-c4cnn(CC5CC(F)(F)C5)c4)cc3[nH]2)c1)N1CCN(C(=O)C2CC2)CC1. The number of fused-ring (bicyclic) bond motifs is 1. The second-order valence-electron chi connectivity index (χ2n) is 11.8. The van der Waals surface area contributed by atoms with Crippen molar-refractivity contribution in [2.75, 3.05) is 31.5 Å². The lowest BCUT2D eigenvalue weighted by molar-refractivity contribution is -0.134. The molecule has 0 bridgehead atoms. The normalized spacial score (nSPS) is 20.2. The molecule has 11 heteroatoms. The zero-order valence-corrected chi connectivity index (χ0v) is 23.1. The van der Waals surface area contributed by atoms with E-state index in [-0.39, 0.29) is 30.7 Å². The molecular weight excluding hydrogens is 526 g/mol. The third-order valence-electron chi connectivity index (χ3n) is 8.68. The van der Waals surface area contributed by atoms with Gasteiger partial charge in [0.05, 0.1) is 17.2 Å². The molecule has 1 aromatic carbocycles. The molecule has 3 aliphatic rings. The van der Waals surface area contributed by atoms with Crippen molar-refractivity contribution < 1.29 is 13.6 Å². The number of carbonyl (C=O) groups is 1. The number of aromatic amines is 1. The number of carbonyl (C=O) groups excluding carboxylic acids is 1. The third-order valence-corrected chi connectivity index (χ3v) is 8.68. The summed E-state index contributed by atoms with van der Waals surface area (Å²) in [5, 5.41) is 7.70. The summed E-state index contributed by atoms with van der Waals surface area (Å²) in [6, 6.07) is 10.3. The predicted octanol–water partition coefficient (Wildman–Crippen LogP) is 5.23. The Kier molecular flexibility index (Phi) is 6.49. The first-order chi connectivity index (χ1) is 19.8. The summed E-state index contributed by atoms with van der Waals surface area (Å²) in [6.07, 6.45) is 7.47. The van der Waals surface area contributed by atoms with Crippen molar-refractivity contribution in [2.45, 2.75) is 51.1 Å². The van der Waals surface area contributed by atoms with Gasteiger partial charge in [0.1, 0.15) is 5.82 Å². The largest absolute Gasteiger partial charge is 0.340 e. The highest BCUT2D eigenvalue weighted by molar-refractivity contribution is 5.84. The van der Waals surface area contributed by atoms with E-state index in [1.807, 2.05) is 41.6 Å². The van der Waals surface area contributed by atoms with Crippen molar-refractivity contribution in [1.29, 1.82) is 0 Å². The number of rotatable bonds is 8. The molecule has 214 valence electrons. The fourth-order valence-electron chi connectivity index (χ4n) is 6.06. The van der Waals surface area contributed by atoms with E-state index < -0.39 is 5.92 Å². The van der Waals surface area contributed by atoms with Crippen LogP contribution in [-0.2, 0) is 11.3 Å². The maximum atomic E-state index is 13.2. The van der Waals surface area contributed by atoms with E-state index in [1.165, 1.54) is 0 Å². The molecule has 1 amide bonds. The van der Waals surface area contributed by atoms with Gasteiger partial charge in [-0.25, -0.2) is 18.7 Å². The number of halogens is 2. The smallest absolute Gasteiger partial charge is 0.248 e. The number of nitrogens with one attached hydrogen (secondary N) is 2. The maximum absolute atomic E-state index is 13.2. The van der Waals surface area contributed by atoms with Gasteiger partial charge in [0.15, 0.2) is 0 Å². The fraction of sp³-hybridized carbons (Fsp3) is 0.467. The lowest BCUT2D eigenvalue weighted by atomic mass is 9.81. The van der Waals surface area contributed by atoms with Crippen molar-refractivity contribution in [3.05, 3.63) is 54.5 Å². The molecule has 1 atom stereocenters. The first-order valence-electron chi connectivity index (χ1n) is 14.5. The minimum atomic E-state index is -2.51. The summed E-state index contributed by atoms with van der Waals surface area (Å²) in [5.41, 5.74) is 4.77. The molecule has 1 unspecified atom stereocenters. The molecule has 7 rings (SSSR count).